The van der Waals surface area contributed by atoms with Crippen LogP contribution in [0.25, 0.3) is 0 Å². The summed E-state index contributed by atoms with van der Waals surface area (Å²) in [5, 5.41) is 6.93. The van der Waals surface area contributed by atoms with Gasteiger partial charge in [-0.3, -0.25) is 14.5 Å². The second-order valence-electron chi connectivity index (χ2n) is 11.3. The maximum absolute atomic E-state index is 13.5. The van der Waals surface area contributed by atoms with Gasteiger partial charge in [0.25, 0.3) is 5.91 Å². The van der Waals surface area contributed by atoms with Crippen molar-refractivity contribution in [3.05, 3.63) is 45.8 Å². The third-order valence-electron chi connectivity index (χ3n) is 7.49. The molecule has 2 aliphatic rings. The highest BCUT2D eigenvalue weighted by atomic mass is 32.1. The highest BCUT2D eigenvalue weighted by molar-refractivity contribution is 7.17. The van der Waals surface area contributed by atoms with E-state index in [0.29, 0.717) is 23.0 Å². The Bertz CT molecular complexity index is 1040. The summed E-state index contributed by atoms with van der Waals surface area (Å²) in [4.78, 5) is 30.0. The van der Waals surface area contributed by atoms with Crippen LogP contribution < -0.4 is 10.6 Å². The van der Waals surface area contributed by atoms with Gasteiger partial charge in [-0.2, -0.15) is 0 Å². The van der Waals surface area contributed by atoms with Crippen LogP contribution in [0.4, 0.5) is 10.7 Å². The van der Waals surface area contributed by atoms with E-state index in [1.165, 1.54) is 4.88 Å². The van der Waals surface area contributed by atoms with Gasteiger partial charge >= 0.3 is 0 Å². The monoisotopic (exact) mass is 481 g/mol. The molecule has 1 unspecified atom stereocenters. The first-order valence-corrected chi connectivity index (χ1v) is 13.5. The van der Waals surface area contributed by atoms with E-state index in [-0.39, 0.29) is 17.2 Å². The second kappa shape index (κ2) is 10.2. The van der Waals surface area contributed by atoms with E-state index in [9.17, 15) is 9.59 Å². The van der Waals surface area contributed by atoms with E-state index in [1.54, 1.807) is 11.3 Å². The molecule has 2 aromatic rings. The maximum atomic E-state index is 13.5. The molecule has 0 saturated carbocycles. The van der Waals surface area contributed by atoms with Crippen molar-refractivity contribution in [2.24, 2.45) is 17.3 Å². The number of piperidine rings is 1. The average Bonchev–Trinajstić information content (AvgIpc) is 3.11. The summed E-state index contributed by atoms with van der Waals surface area (Å²) in [6.07, 6.45) is 5.19. The van der Waals surface area contributed by atoms with Gasteiger partial charge in [0.15, 0.2) is 0 Å². The number of amides is 2. The lowest BCUT2D eigenvalue weighted by Gasteiger charge is -2.33. The Morgan fingerprint density at radius 3 is 2.53 bits per heavy atom. The van der Waals surface area contributed by atoms with Gasteiger partial charge in [0, 0.05) is 10.6 Å². The molecule has 1 saturated heterocycles. The predicted octanol–water partition coefficient (Wildman–Crippen LogP) is 6.13. The van der Waals surface area contributed by atoms with Crippen LogP contribution in [0, 0.1) is 24.2 Å². The molecule has 1 aliphatic carbocycles. The topological polar surface area (TPSA) is 61.4 Å². The summed E-state index contributed by atoms with van der Waals surface area (Å²) in [6, 6.07) is 7.85. The van der Waals surface area contributed by atoms with Crippen LogP contribution >= 0.6 is 11.3 Å². The fourth-order valence-corrected chi connectivity index (χ4v) is 6.50. The third-order valence-corrected chi connectivity index (χ3v) is 8.66. The van der Waals surface area contributed by atoms with Gasteiger partial charge in [0.05, 0.1) is 12.1 Å². The van der Waals surface area contributed by atoms with Crippen molar-refractivity contribution in [1.82, 2.24) is 4.90 Å². The van der Waals surface area contributed by atoms with E-state index in [1.807, 2.05) is 31.2 Å². The molecular formula is C28H39N3O2S. The van der Waals surface area contributed by atoms with Crippen molar-refractivity contribution < 1.29 is 9.59 Å². The number of likely N-dealkylation sites (tertiary alicyclic amines) is 1. The van der Waals surface area contributed by atoms with Gasteiger partial charge in [-0.05, 0) is 92.6 Å². The van der Waals surface area contributed by atoms with Gasteiger partial charge < -0.3 is 10.6 Å². The molecule has 4 rings (SSSR count). The molecule has 1 atom stereocenters. The molecule has 5 nitrogen and oxygen atoms in total. The Morgan fingerprint density at radius 2 is 1.85 bits per heavy atom. The molecule has 6 heteroatoms. The number of anilines is 2. The van der Waals surface area contributed by atoms with Crippen LogP contribution in [0.5, 0.6) is 0 Å². The molecule has 0 spiro atoms. The Labute approximate surface area is 208 Å². The van der Waals surface area contributed by atoms with Gasteiger partial charge in [-0.15, -0.1) is 11.3 Å². The lowest BCUT2D eigenvalue weighted by Crippen LogP contribution is -2.38. The fraction of sp³-hybridized carbons (Fsp3) is 0.571. The Hall–Kier alpha value is -2.18. The zero-order valence-corrected chi connectivity index (χ0v) is 22.1. The number of benzene rings is 1. The number of nitrogens with one attached hydrogen (secondary N) is 2. The average molecular weight is 482 g/mol. The smallest absolute Gasteiger partial charge is 0.258 e. The van der Waals surface area contributed by atoms with Crippen molar-refractivity contribution in [1.29, 1.82) is 0 Å². The van der Waals surface area contributed by atoms with E-state index >= 15 is 0 Å². The number of rotatable bonds is 5. The molecular weight excluding hydrogens is 442 g/mol. The molecule has 184 valence electrons. The van der Waals surface area contributed by atoms with E-state index in [0.717, 1.165) is 67.9 Å². The number of hydrogen-bond acceptors (Lipinski definition) is 4. The summed E-state index contributed by atoms with van der Waals surface area (Å²) in [6.45, 7) is 13.5. The molecule has 2 heterocycles. The molecule has 2 amide bonds. The highest BCUT2D eigenvalue weighted by Crippen LogP contribution is 2.44. The first kappa shape index (κ1) is 24.9. The van der Waals surface area contributed by atoms with Crippen molar-refractivity contribution in [3.8, 4) is 0 Å². The third kappa shape index (κ3) is 5.89. The number of carbonyl (C=O) groups excluding carboxylic acids is 2. The zero-order valence-electron chi connectivity index (χ0n) is 21.3. The fourth-order valence-electron chi connectivity index (χ4n) is 5.16. The van der Waals surface area contributed by atoms with Crippen LogP contribution in [0.15, 0.2) is 24.3 Å². The largest absolute Gasteiger partial charge is 0.322 e. The minimum atomic E-state index is -0.126. The molecule has 34 heavy (non-hydrogen) atoms. The molecule has 0 radical (unpaired) electrons. The lowest BCUT2D eigenvalue weighted by molar-refractivity contribution is -0.117. The van der Waals surface area contributed by atoms with E-state index in [2.05, 4.69) is 43.2 Å². The Balaban J connectivity index is 1.57. The summed E-state index contributed by atoms with van der Waals surface area (Å²) < 4.78 is 0. The lowest BCUT2D eigenvalue weighted by atomic mass is 9.72. The minimum Gasteiger partial charge on any atom is -0.322 e. The highest BCUT2D eigenvalue weighted by Gasteiger charge is 2.34. The zero-order chi connectivity index (χ0) is 24.5. The van der Waals surface area contributed by atoms with Crippen molar-refractivity contribution in [3.63, 3.8) is 0 Å². The van der Waals surface area contributed by atoms with E-state index in [4.69, 9.17) is 0 Å². The standard InChI is InChI=1S/C28H39N3O2S/c1-18-11-13-31(14-12-18)17-24(32)30-27-25(26(33)29-21-8-6-7-19(2)15-21)22-10-9-20(28(3,4)5)16-23(22)34-27/h6-8,15,18,20H,9-14,16-17H2,1-5H3,(H,29,33)(H,30,32). The van der Waals surface area contributed by atoms with Gasteiger partial charge in [-0.25, -0.2) is 0 Å². The molecule has 1 fully saturated rings. The van der Waals surface area contributed by atoms with Crippen molar-refractivity contribution in [2.75, 3.05) is 30.3 Å². The van der Waals surface area contributed by atoms with Crippen molar-refractivity contribution >= 4 is 33.8 Å². The first-order chi connectivity index (χ1) is 16.1. The Morgan fingerprint density at radius 1 is 1.12 bits per heavy atom. The molecule has 1 aliphatic heterocycles. The number of thiophene rings is 1. The Kier molecular flexibility index (Phi) is 7.48. The van der Waals surface area contributed by atoms with Crippen LogP contribution in [-0.4, -0.2) is 36.3 Å². The number of aryl methyl sites for hydroxylation is 1. The van der Waals surface area contributed by atoms with Gasteiger partial charge in [0.2, 0.25) is 5.91 Å². The van der Waals surface area contributed by atoms with Crippen molar-refractivity contribution in [2.45, 2.75) is 66.7 Å². The van der Waals surface area contributed by atoms with Gasteiger partial charge in [0.1, 0.15) is 5.00 Å². The van der Waals surface area contributed by atoms with Crippen LogP contribution in [0.1, 0.15) is 73.3 Å². The number of hydrogen-bond donors (Lipinski definition) is 2. The second-order valence-corrected chi connectivity index (χ2v) is 12.4. The molecule has 2 N–H and O–H groups in total. The van der Waals surface area contributed by atoms with Crippen LogP contribution in [0.3, 0.4) is 0 Å². The van der Waals surface area contributed by atoms with Crippen LogP contribution in [0.2, 0.25) is 0 Å². The quantitative estimate of drug-likeness (QED) is 0.540. The minimum absolute atomic E-state index is 0.0230. The molecule has 1 aromatic heterocycles. The summed E-state index contributed by atoms with van der Waals surface area (Å²) in [7, 11) is 0. The van der Waals surface area contributed by atoms with E-state index < -0.39 is 0 Å². The summed E-state index contributed by atoms with van der Waals surface area (Å²) in [5.41, 5.74) is 3.89. The SMILES string of the molecule is Cc1cccc(NC(=O)c2c(NC(=O)CN3CCC(C)CC3)sc3c2CCC(C(C)(C)C)C3)c1. The van der Waals surface area contributed by atoms with Crippen LogP contribution in [-0.2, 0) is 17.6 Å². The molecule has 0 bridgehead atoms. The number of nitrogens with zero attached hydrogens (tertiary/aromatic N) is 1. The summed E-state index contributed by atoms with van der Waals surface area (Å²) >= 11 is 1.60. The predicted molar refractivity (Wildman–Crippen MR) is 142 cm³/mol. The van der Waals surface area contributed by atoms with Gasteiger partial charge in [-0.1, -0.05) is 39.8 Å². The normalized spacial score (nSPS) is 19.5. The number of fused-ring (bicyclic) bond motifs is 1. The summed E-state index contributed by atoms with van der Waals surface area (Å²) in [5.74, 6) is 1.16. The number of carbonyl (C=O) groups is 2. The molecule has 1 aromatic carbocycles. The first-order valence-electron chi connectivity index (χ1n) is 12.6. The maximum Gasteiger partial charge on any atom is 0.258 e.